The lowest BCUT2D eigenvalue weighted by Crippen LogP contribution is -2.43. The van der Waals surface area contributed by atoms with Gasteiger partial charge in [-0.25, -0.2) is 4.79 Å². The van der Waals surface area contributed by atoms with Gasteiger partial charge in [0.05, 0.1) is 18.5 Å². The molecule has 126 valence electrons. The normalized spacial score (nSPS) is 14.8. The minimum atomic E-state index is -0.169. The highest BCUT2D eigenvalue weighted by Crippen LogP contribution is 2.37. The van der Waals surface area contributed by atoms with Gasteiger partial charge in [0.1, 0.15) is 5.75 Å². The zero-order valence-electron chi connectivity index (χ0n) is 14.0. The molecule has 2 aromatic carbocycles. The van der Waals surface area contributed by atoms with Crippen molar-refractivity contribution >= 4 is 23.1 Å². The molecule has 1 aliphatic rings. The summed E-state index contributed by atoms with van der Waals surface area (Å²) in [6, 6.07) is 14.8. The molecular formula is C19H23N3O2. The van der Waals surface area contributed by atoms with Crippen molar-refractivity contribution in [1.82, 2.24) is 0 Å². The van der Waals surface area contributed by atoms with E-state index in [4.69, 9.17) is 10.5 Å². The van der Waals surface area contributed by atoms with Crippen LogP contribution in [0.25, 0.3) is 0 Å². The van der Waals surface area contributed by atoms with Gasteiger partial charge in [-0.15, -0.1) is 0 Å². The van der Waals surface area contributed by atoms with Crippen LogP contribution in [0.4, 0.5) is 21.9 Å². The first kappa shape index (κ1) is 16.2. The fourth-order valence-corrected chi connectivity index (χ4v) is 2.86. The van der Waals surface area contributed by atoms with E-state index in [9.17, 15) is 4.79 Å². The number of anilines is 3. The number of carbonyl (C=O) groups is 1. The molecule has 2 aromatic rings. The Morgan fingerprint density at radius 2 is 1.88 bits per heavy atom. The molecular weight excluding hydrogens is 302 g/mol. The molecule has 0 aliphatic heterocycles. The molecule has 0 heterocycles. The van der Waals surface area contributed by atoms with Crippen LogP contribution < -0.4 is 20.7 Å². The van der Waals surface area contributed by atoms with Crippen LogP contribution in [0.1, 0.15) is 19.8 Å². The van der Waals surface area contributed by atoms with Crippen LogP contribution in [0.15, 0.2) is 48.5 Å². The maximum absolute atomic E-state index is 12.9. The van der Waals surface area contributed by atoms with Gasteiger partial charge >= 0.3 is 6.03 Å². The van der Waals surface area contributed by atoms with Crippen molar-refractivity contribution in [3.05, 3.63) is 48.5 Å². The van der Waals surface area contributed by atoms with Crippen molar-refractivity contribution in [2.45, 2.75) is 25.8 Å². The quantitative estimate of drug-likeness (QED) is 0.813. The highest BCUT2D eigenvalue weighted by molar-refractivity contribution is 6.03. The number of hydrogen-bond donors (Lipinski definition) is 2. The highest BCUT2D eigenvalue weighted by Gasteiger charge is 2.35. The van der Waals surface area contributed by atoms with Gasteiger partial charge in [0.2, 0.25) is 0 Å². The summed E-state index contributed by atoms with van der Waals surface area (Å²) >= 11 is 0. The lowest BCUT2D eigenvalue weighted by atomic mass is 10.1. The third-order valence-electron chi connectivity index (χ3n) is 4.48. The summed E-state index contributed by atoms with van der Waals surface area (Å²) in [4.78, 5) is 14.7. The van der Waals surface area contributed by atoms with Crippen LogP contribution >= 0.6 is 0 Å². The molecule has 3 rings (SSSR count). The highest BCUT2D eigenvalue weighted by atomic mass is 16.5. The van der Waals surface area contributed by atoms with Gasteiger partial charge in [-0.2, -0.15) is 0 Å². The Bertz CT molecular complexity index is 711. The van der Waals surface area contributed by atoms with E-state index in [0.717, 1.165) is 24.3 Å². The summed E-state index contributed by atoms with van der Waals surface area (Å²) in [5, 5.41) is 2.93. The van der Waals surface area contributed by atoms with Gasteiger partial charge in [-0.3, -0.25) is 4.90 Å². The van der Waals surface area contributed by atoms with E-state index in [-0.39, 0.29) is 12.1 Å². The second-order valence-electron chi connectivity index (χ2n) is 6.16. The molecule has 1 fully saturated rings. The number of nitrogen functional groups attached to an aromatic ring is 1. The number of nitrogens with two attached hydrogens (primary N) is 1. The first-order valence-corrected chi connectivity index (χ1v) is 8.19. The third kappa shape index (κ3) is 3.45. The minimum Gasteiger partial charge on any atom is -0.497 e. The maximum Gasteiger partial charge on any atom is 0.326 e. The largest absolute Gasteiger partial charge is 0.497 e. The predicted octanol–water partition coefficient (Wildman–Crippen LogP) is 4.11. The van der Waals surface area contributed by atoms with Crippen molar-refractivity contribution in [1.29, 1.82) is 0 Å². The number of nitrogens with one attached hydrogen (secondary N) is 1. The number of rotatable bonds is 5. The summed E-state index contributed by atoms with van der Waals surface area (Å²) in [5.74, 6) is 1.32. The van der Waals surface area contributed by atoms with Crippen molar-refractivity contribution < 1.29 is 9.53 Å². The van der Waals surface area contributed by atoms with Gasteiger partial charge in [-0.05, 0) is 62.1 Å². The van der Waals surface area contributed by atoms with E-state index in [1.807, 2.05) is 41.3 Å². The van der Waals surface area contributed by atoms with Crippen LogP contribution in [0.5, 0.6) is 5.75 Å². The molecule has 0 spiro atoms. The number of methoxy groups -OCH3 is 1. The number of amides is 2. The number of carbonyl (C=O) groups excluding carboxylic acids is 1. The summed E-state index contributed by atoms with van der Waals surface area (Å²) < 4.78 is 5.21. The smallest absolute Gasteiger partial charge is 0.326 e. The van der Waals surface area contributed by atoms with E-state index in [1.54, 1.807) is 19.2 Å². The fourth-order valence-electron chi connectivity index (χ4n) is 2.86. The Kier molecular flexibility index (Phi) is 4.60. The minimum absolute atomic E-state index is 0.128. The average molecular weight is 325 g/mol. The molecule has 1 aliphatic carbocycles. The molecule has 5 heteroatoms. The number of hydrogen-bond acceptors (Lipinski definition) is 3. The summed E-state index contributed by atoms with van der Waals surface area (Å²) in [7, 11) is 1.63. The zero-order valence-corrected chi connectivity index (χ0v) is 14.0. The Labute approximate surface area is 142 Å². The van der Waals surface area contributed by atoms with Crippen molar-refractivity contribution in [2.75, 3.05) is 23.1 Å². The molecule has 5 nitrogen and oxygen atoms in total. The monoisotopic (exact) mass is 325 g/mol. The molecule has 0 bridgehead atoms. The SMILES string of the molecule is COc1ccc(N(C(=O)Nc2ccccc2N)C(C)C2CC2)cc1. The van der Waals surface area contributed by atoms with Gasteiger partial charge in [0.15, 0.2) is 0 Å². The van der Waals surface area contributed by atoms with E-state index >= 15 is 0 Å². The standard InChI is InChI=1S/C19H23N3O2/c1-13(14-7-8-14)22(15-9-11-16(24-2)12-10-15)19(23)21-18-6-4-3-5-17(18)20/h3-6,9-14H,7-8,20H2,1-2H3,(H,21,23). The maximum atomic E-state index is 12.9. The number of benzene rings is 2. The Morgan fingerprint density at radius 1 is 1.21 bits per heavy atom. The number of ether oxygens (including phenoxy) is 1. The topological polar surface area (TPSA) is 67.6 Å². The number of nitrogens with zero attached hydrogens (tertiary/aromatic N) is 1. The Morgan fingerprint density at radius 3 is 2.46 bits per heavy atom. The zero-order chi connectivity index (χ0) is 17.1. The summed E-state index contributed by atoms with van der Waals surface area (Å²) in [5.41, 5.74) is 7.98. The van der Waals surface area contributed by atoms with Gasteiger partial charge in [-0.1, -0.05) is 12.1 Å². The lowest BCUT2D eigenvalue weighted by molar-refractivity contribution is 0.254. The molecule has 2 amide bonds. The van der Waals surface area contributed by atoms with E-state index in [0.29, 0.717) is 17.3 Å². The van der Waals surface area contributed by atoms with Crippen LogP contribution in [0.3, 0.4) is 0 Å². The fraction of sp³-hybridized carbons (Fsp3) is 0.316. The van der Waals surface area contributed by atoms with E-state index < -0.39 is 0 Å². The third-order valence-corrected chi connectivity index (χ3v) is 4.48. The first-order chi connectivity index (χ1) is 11.6. The van der Waals surface area contributed by atoms with Crippen molar-refractivity contribution in [3.63, 3.8) is 0 Å². The summed E-state index contributed by atoms with van der Waals surface area (Å²) in [6.45, 7) is 2.09. The second kappa shape index (κ2) is 6.83. The second-order valence-corrected chi connectivity index (χ2v) is 6.16. The molecule has 1 atom stereocenters. The van der Waals surface area contributed by atoms with Crippen molar-refractivity contribution in [3.8, 4) is 5.75 Å². The molecule has 0 saturated heterocycles. The van der Waals surface area contributed by atoms with Crippen molar-refractivity contribution in [2.24, 2.45) is 5.92 Å². The van der Waals surface area contributed by atoms with Crippen LogP contribution in [-0.4, -0.2) is 19.2 Å². The number of urea groups is 1. The molecule has 24 heavy (non-hydrogen) atoms. The van der Waals surface area contributed by atoms with Crippen LogP contribution in [-0.2, 0) is 0 Å². The Hall–Kier alpha value is -2.69. The predicted molar refractivity (Wildman–Crippen MR) is 97.5 cm³/mol. The number of para-hydroxylation sites is 2. The molecule has 3 N–H and O–H groups in total. The first-order valence-electron chi connectivity index (χ1n) is 8.19. The van der Waals surface area contributed by atoms with Crippen LogP contribution in [0.2, 0.25) is 0 Å². The molecule has 1 saturated carbocycles. The average Bonchev–Trinajstić information content (AvgIpc) is 3.43. The summed E-state index contributed by atoms with van der Waals surface area (Å²) in [6.07, 6.45) is 2.32. The lowest BCUT2D eigenvalue weighted by Gasteiger charge is -2.30. The van der Waals surface area contributed by atoms with Crippen LogP contribution in [0, 0.1) is 5.92 Å². The molecule has 0 aromatic heterocycles. The Balaban J connectivity index is 1.86. The molecule has 1 unspecified atom stereocenters. The molecule has 0 radical (unpaired) electrons. The van der Waals surface area contributed by atoms with E-state index in [2.05, 4.69) is 12.2 Å². The van der Waals surface area contributed by atoms with Gasteiger partial charge in [0, 0.05) is 11.7 Å². The van der Waals surface area contributed by atoms with Gasteiger partial charge in [0.25, 0.3) is 0 Å². The van der Waals surface area contributed by atoms with E-state index in [1.165, 1.54) is 0 Å². The van der Waals surface area contributed by atoms with Gasteiger partial charge < -0.3 is 15.8 Å².